The van der Waals surface area contributed by atoms with Crippen LogP contribution in [0.4, 0.5) is 11.4 Å². The van der Waals surface area contributed by atoms with Gasteiger partial charge in [0.2, 0.25) is 10.0 Å². The Bertz CT molecular complexity index is 587. The highest BCUT2D eigenvalue weighted by Crippen LogP contribution is 2.23. The molecule has 1 heterocycles. The predicted octanol–water partition coefficient (Wildman–Crippen LogP) is 2.26. The molecule has 0 bridgehead atoms. The van der Waals surface area contributed by atoms with Gasteiger partial charge in [-0.25, -0.2) is 8.42 Å². The number of hydrogen-bond donors (Lipinski definition) is 2. The number of nitrogens with zero attached hydrogens (tertiary/aromatic N) is 1. The third-order valence-electron chi connectivity index (χ3n) is 3.84. The van der Waals surface area contributed by atoms with Crippen molar-refractivity contribution in [1.82, 2.24) is 4.90 Å². The standard InChI is InChI=1S/C15H25N3O2S/c1-12-11-14(6-7-15(12)17-21(3,19)20)16-13-5-4-9-18(2)10-8-13/h6-7,11,13,16-17H,4-5,8-10H2,1-3H3. The first-order valence-electron chi connectivity index (χ1n) is 7.37. The molecule has 0 aliphatic carbocycles. The van der Waals surface area contributed by atoms with Crippen LogP contribution in [0, 0.1) is 6.92 Å². The van der Waals surface area contributed by atoms with Crippen LogP contribution in [0.5, 0.6) is 0 Å². The van der Waals surface area contributed by atoms with E-state index in [-0.39, 0.29) is 0 Å². The molecule has 0 aromatic heterocycles. The monoisotopic (exact) mass is 311 g/mol. The quantitative estimate of drug-likeness (QED) is 0.895. The zero-order valence-corrected chi connectivity index (χ0v) is 13.8. The normalized spacial score (nSPS) is 20.8. The lowest BCUT2D eigenvalue weighted by Gasteiger charge is -2.19. The van der Waals surface area contributed by atoms with Crippen LogP contribution in [0.1, 0.15) is 24.8 Å². The van der Waals surface area contributed by atoms with Crippen molar-refractivity contribution in [3.63, 3.8) is 0 Å². The molecule has 5 nitrogen and oxygen atoms in total. The molecule has 0 radical (unpaired) electrons. The second kappa shape index (κ2) is 6.66. The number of likely N-dealkylation sites (tertiary alicyclic amines) is 1. The smallest absolute Gasteiger partial charge is 0.229 e. The molecule has 1 unspecified atom stereocenters. The molecule has 1 fully saturated rings. The van der Waals surface area contributed by atoms with Crippen LogP contribution in [-0.2, 0) is 10.0 Å². The molecule has 21 heavy (non-hydrogen) atoms. The van der Waals surface area contributed by atoms with Crippen LogP contribution < -0.4 is 10.0 Å². The van der Waals surface area contributed by atoms with Gasteiger partial charge < -0.3 is 10.2 Å². The van der Waals surface area contributed by atoms with Crippen molar-refractivity contribution in [2.45, 2.75) is 32.2 Å². The number of aryl methyl sites for hydroxylation is 1. The first kappa shape index (κ1) is 16.1. The summed E-state index contributed by atoms with van der Waals surface area (Å²) >= 11 is 0. The SMILES string of the molecule is Cc1cc(NC2CCCN(C)CC2)ccc1NS(C)(=O)=O. The number of sulfonamides is 1. The van der Waals surface area contributed by atoms with Crippen molar-refractivity contribution in [3.8, 4) is 0 Å². The van der Waals surface area contributed by atoms with Gasteiger partial charge >= 0.3 is 0 Å². The Morgan fingerprint density at radius 3 is 2.67 bits per heavy atom. The van der Waals surface area contributed by atoms with Crippen LogP contribution in [0.2, 0.25) is 0 Å². The summed E-state index contributed by atoms with van der Waals surface area (Å²) in [6.07, 6.45) is 4.69. The van der Waals surface area contributed by atoms with Gasteiger partial charge in [-0.1, -0.05) is 0 Å². The second-order valence-corrected chi connectivity index (χ2v) is 7.73. The van der Waals surface area contributed by atoms with Gasteiger partial charge in [-0.2, -0.15) is 0 Å². The van der Waals surface area contributed by atoms with Gasteiger partial charge in [0, 0.05) is 11.7 Å². The van der Waals surface area contributed by atoms with Crippen LogP contribution in [-0.4, -0.2) is 45.8 Å². The van der Waals surface area contributed by atoms with E-state index in [2.05, 4.69) is 22.0 Å². The Morgan fingerprint density at radius 1 is 1.24 bits per heavy atom. The summed E-state index contributed by atoms with van der Waals surface area (Å²) in [5.74, 6) is 0. The molecule has 1 aromatic carbocycles. The molecule has 6 heteroatoms. The molecular weight excluding hydrogens is 286 g/mol. The molecular formula is C15H25N3O2S. The van der Waals surface area contributed by atoms with Gasteiger partial charge in [0.05, 0.1) is 11.9 Å². The van der Waals surface area contributed by atoms with E-state index in [1.54, 1.807) is 0 Å². The number of rotatable bonds is 4. The number of hydrogen-bond acceptors (Lipinski definition) is 4. The highest BCUT2D eigenvalue weighted by atomic mass is 32.2. The van der Waals surface area contributed by atoms with Gasteiger partial charge in [0.15, 0.2) is 0 Å². The maximum Gasteiger partial charge on any atom is 0.229 e. The molecule has 1 aliphatic rings. The molecule has 1 saturated heterocycles. The van der Waals surface area contributed by atoms with E-state index in [0.717, 1.165) is 30.8 Å². The van der Waals surface area contributed by atoms with Crippen LogP contribution in [0.3, 0.4) is 0 Å². The third-order valence-corrected chi connectivity index (χ3v) is 4.43. The minimum Gasteiger partial charge on any atom is -0.382 e. The van der Waals surface area contributed by atoms with Gasteiger partial charge in [-0.3, -0.25) is 4.72 Å². The fourth-order valence-electron chi connectivity index (χ4n) is 2.69. The minimum absolute atomic E-state index is 0.489. The fourth-order valence-corrected chi connectivity index (χ4v) is 3.32. The summed E-state index contributed by atoms with van der Waals surface area (Å²) in [6.45, 7) is 4.19. The molecule has 0 spiro atoms. The van der Waals surface area contributed by atoms with E-state index in [1.807, 2.05) is 25.1 Å². The Kier molecular flexibility index (Phi) is 5.11. The average Bonchev–Trinajstić information content (AvgIpc) is 2.57. The average molecular weight is 311 g/mol. The van der Waals surface area contributed by atoms with E-state index in [9.17, 15) is 8.42 Å². The second-order valence-electron chi connectivity index (χ2n) is 5.98. The lowest BCUT2D eigenvalue weighted by molar-refractivity contribution is 0.348. The van der Waals surface area contributed by atoms with E-state index in [4.69, 9.17) is 0 Å². The Hall–Kier alpha value is -1.27. The van der Waals surface area contributed by atoms with E-state index < -0.39 is 10.0 Å². The van der Waals surface area contributed by atoms with Crippen molar-refractivity contribution in [3.05, 3.63) is 23.8 Å². The fraction of sp³-hybridized carbons (Fsp3) is 0.600. The number of anilines is 2. The number of benzene rings is 1. The molecule has 2 N–H and O–H groups in total. The lowest BCUT2D eigenvalue weighted by Crippen LogP contribution is -2.23. The Balaban J connectivity index is 2.03. The topological polar surface area (TPSA) is 61.4 Å². The first-order valence-corrected chi connectivity index (χ1v) is 9.26. The molecule has 0 saturated carbocycles. The molecule has 0 amide bonds. The Labute approximate surface area is 127 Å². The van der Waals surface area contributed by atoms with Crippen molar-refractivity contribution >= 4 is 21.4 Å². The van der Waals surface area contributed by atoms with Gasteiger partial charge in [0.1, 0.15) is 0 Å². The van der Waals surface area contributed by atoms with Crippen LogP contribution in [0.15, 0.2) is 18.2 Å². The van der Waals surface area contributed by atoms with Crippen LogP contribution in [0.25, 0.3) is 0 Å². The van der Waals surface area contributed by atoms with Crippen molar-refractivity contribution in [2.75, 3.05) is 36.4 Å². The van der Waals surface area contributed by atoms with Crippen molar-refractivity contribution < 1.29 is 8.42 Å². The highest BCUT2D eigenvalue weighted by molar-refractivity contribution is 7.92. The Morgan fingerprint density at radius 2 is 2.00 bits per heavy atom. The summed E-state index contributed by atoms with van der Waals surface area (Å²) in [5, 5.41) is 3.57. The minimum atomic E-state index is -3.23. The largest absolute Gasteiger partial charge is 0.382 e. The lowest BCUT2D eigenvalue weighted by atomic mass is 10.1. The molecule has 118 valence electrons. The predicted molar refractivity (Wildman–Crippen MR) is 88.4 cm³/mol. The molecule has 1 aliphatic heterocycles. The van der Waals surface area contributed by atoms with Crippen LogP contribution >= 0.6 is 0 Å². The zero-order chi connectivity index (χ0) is 15.5. The maximum absolute atomic E-state index is 11.3. The maximum atomic E-state index is 11.3. The molecule has 2 rings (SSSR count). The van der Waals surface area contributed by atoms with Gasteiger partial charge in [-0.05, 0) is 70.1 Å². The van der Waals surface area contributed by atoms with Gasteiger partial charge in [-0.15, -0.1) is 0 Å². The molecule has 1 aromatic rings. The summed E-state index contributed by atoms with van der Waals surface area (Å²) in [5.41, 5.74) is 2.63. The summed E-state index contributed by atoms with van der Waals surface area (Å²) in [6, 6.07) is 6.25. The summed E-state index contributed by atoms with van der Waals surface area (Å²) < 4.78 is 25.1. The number of nitrogens with one attached hydrogen (secondary N) is 2. The van der Waals surface area contributed by atoms with E-state index in [1.165, 1.54) is 19.1 Å². The highest BCUT2D eigenvalue weighted by Gasteiger charge is 2.15. The van der Waals surface area contributed by atoms with Crippen molar-refractivity contribution in [2.24, 2.45) is 0 Å². The summed E-state index contributed by atoms with van der Waals surface area (Å²) in [7, 11) is -1.06. The van der Waals surface area contributed by atoms with Crippen molar-refractivity contribution in [1.29, 1.82) is 0 Å². The van der Waals surface area contributed by atoms with E-state index >= 15 is 0 Å². The first-order chi connectivity index (χ1) is 9.83. The third kappa shape index (κ3) is 5.21. The molecule has 1 atom stereocenters. The summed E-state index contributed by atoms with van der Waals surface area (Å²) in [4.78, 5) is 2.37. The van der Waals surface area contributed by atoms with Gasteiger partial charge in [0.25, 0.3) is 0 Å². The van der Waals surface area contributed by atoms with E-state index in [0.29, 0.717) is 11.7 Å². The zero-order valence-electron chi connectivity index (χ0n) is 13.0.